The number of ketones is 2. The Balaban J connectivity index is 1.56. The zero-order valence-electron chi connectivity index (χ0n) is 33.8. The SMILES string of the molecule is CCC1OC(=O)[C@H](C)C(=O)[C@H](C)[C@@H](O[C@@H]2O[C@H](C)C[C@H](N(C)C)[C@H]2O)[C@](C)(OC/C=C\c2cnc3ccccc3c2)C[C@@H](C)C(=O)[C@H](C)[C@H]2NC(=O)O[C@]12C. The summed E-state index contributed by atoms with van der Waals surface area (Å²) in [5.74, 6) is -5.12. The van der Waals surface area contributed by atoms with Crippen LogP contribution in [0.4, 0.5) is 4.79 Å². The highest BCUT2D eigenvalue weighted by atomic mass is 16.7. The fraction of sp³-hybridized carbons (Fsp3) is 0.643. The van der Waals surface area contributed by atoms with E-state index in [1.54, 1.807) is 47.7 Å². The van der Waals surface area contributed by atoms with E-state index in [0.717, 1.165) is 16.5 Å². The first-order valence-corrected chi connectivity index (χ1v) is 19.5. The molecule has 3 saturated heterocycles. The summed E-state index contributed by atoms with van der Waals surface area (Å²) in [5.41, 5.74) is -1.00. The largest absolute Gasteiger partial charge is 0.458 e. The van der Waals surface area contributed by atoms with Crippen molar-refractivity contribution in [2.45, 2.75) is 129 Å². The van der Waals surface area contributed by atoms with Crippen molar-refractivity contribution in [3.63, 3.8) is 0 Å². The number of carbonyl (C=O) groups excluding carboxylic acids is 4. The number of benzene rings is 1. The number of fused-ring (bicyclic) bond motifs is 2. The predicted octanol–water partition coefficient (Wildman–Crippen LogP) is 5.11. The number of hydrogen-bond donors (Lipinski definition) is 2. The first-order chi connectivity index (χ1) is 25.9. The first-order valence-electron chi connectivity index (χ1n) is 19.5. The standard InChI is InChI=1S/C42H59N3O10/c1-11-32-42(8)36(44-40(50)55-42)25(4)33(46)23(2)21-41(7,51-18-14-15-28-20-29-16-12-13-17-30(29)43-22-28)37(26(5)34(47)27(6)38(49)53-32)54-39-35(48)31(45(9)10)19-24(3)52-39/h12-17,20,22-27,31-32,35-37,39,48H,11,18-19,21H2,1-10H3,(H,44,50)/b15-14-/t23-,24-,25+,26+,27-,31+,32?,35-,36-,37-,39+,41-,42-/m1/s1. The number of Topliss-reactive ketones (excluding diaryl/α,β-unsaturated/α-hetero) is 2. The summed E-state index contributed by atoms with van der Waals surface area (Å²) in [4.78, 5) is 61.8. The Labute approximate surface area is 324 Å². The molecule has 55 heavy (non-hydrogen) atoms. The smallest absolute Gasteiger partial charge is 0.408 e. The van der Waals surface area contributed by atoms with Crippen LogP contribution in [0.5, 0.6) is 0 Å². The van der Waals surface area contributed by atoms with Crippen molar-refractivity contribution in [1.82, 2.24) is 15.2 Å². The molecule has 0 saturated carbocycles. The van der Waals surface area contributed by atoms with E-state index in [1.807, 2.05) is 68.4 Å². The summed E-state index contributed by atoms with van der Waals surface area (Å²) >= 11 is 0. The molecule has 1 amide bonds. The van der Waals surface area contributed by atoms with Gasteiger partial charge in [-0.25, -0.2) is 4.79 Å². The third kappa shape index (κ3) is 8.96. The maximum atomic E-state index is 14.4. The highest BCUT2D eigenvalue weighted by Gasteiger charge is 2.57. The molecule has 3 aliphatic rings. The molecule has 13 nitrogen and oxygen atoms in total. The number of nitrogens with zero attached hydrogens (tertiary/aromatic N) is 2. The number of aliphatic hydroxyl groups is 1. The minimum Gasteiger partial charge on any atom is -0.458 e. The molecule has 3 fully saturated rings. The van der Waals surface area contributed by atoms with Crippen molar-refractivity contribution in [2.24, 2.45) is 23.7 Å². The molecule has 2 aromatic rings. The van der Waals surface area contributed by atoms with Gasteiger partial charge in [0.15, 0.2) is 17.7 Å². The number of rotatable bonds is 8. The molecule has 0 radical (unpaired) electrons. The van der Waals surface area contributed by atoms with Crippen LogP contribution in [-0.4, -0.2) is 113 Å². The number of aliphatic hydroxyl groups excluding tert-OH is 1. The minimum absolute atomic E-state index is 0.0612. The van der Waals surface area contributed by atoms with E-state index < -0.39 is 83.4 Å². The molecule has 0 spiro atoms. The van der Waals surface area contributed by atoms with E-state index in [9.17, 15) is 24.3 Å². The number of nitrogens with one attached hydrogen (secondary N) is 1. The van der Waals surface area contributed by atoms with Crippen molar-refractivity contribution in [2.75, 3.05) is 20.7 Å². The molecular weight excluding hydrogens is 706 g/mol. The minimum atomic E-state index is -1.38. The van der Waals surface area contributed by atoms with Crippen molar-refractivity contribution in [1.29, 1.82) is 0 Å². The maximum absolute atomic E-state index is 14.4. The predicted molar refractivity (Wildman–Crippen MR) is 206 cm³/mol. The van der Waals surface area contributed by atoms with Gasteiger partial charge in [0, 0.05) is 35.4 Å². The molecule has 1 unspecified atom stereocenters. The van der Waals surface area contributed by atoms with E-state index in [-0.39, 0.29) is 37.4 Å². The average Bonchev–Trinajstić information content (AvgIpc) is 3.47. The van der Waals surface area contributed by atoms with Gasteiger partial charge in [0.25, 0.3) is 0 Å². The lowest BCUT2D eigenvalue weighted by molar-refractivity contribution is -0.296. The van der Waals surface area contributed by atoms with Crippen molar-refractivity contribution < 1.29 is 48.0 Å². The van der Waals surface area contributed by atoms with Crippen LogP contribution in [0.2, 0.25) is 0 Å². The number of likely N-dealkylation sites (N-methyl/N-ethyl adjacent to an activating group) is 1. The Morgan fingerprint density at radius 3 is 2.44 bits per heavy atom. The number of aromatic nitrogens is 1. The summed E-state index contributed by atoms with van der Waals surface area (Å²) in [5, 5.41) is 15.4. The van der Waals surface area contributed by atoms with Gasteiger partial charge in [-0.05, 0) is 78.7 Å². The monoisotopic (exact) mass is 765 g/mol. The number of amides is 1. The van der Waals surface area contributed by atoms with Crippen LogP contribution < -0.4 is 5.32 Å². The van der Waals surface area contributed by atoms with Crippen LogP contribution >= 0.6 is 0 Å². The van der Waals surface area contributed by atoms with E-state index in [2.05, 4.69) is 10.3 Å². The van der Waals surface area contributed by atoms with E-state index >= 15 is 0 Å². The fourth-order valence-electron chi connectivity index (χ4n) is 8.73. The Hall–Kier alpha value is -3.75. The molecule has 13 atom stereocenters. The van der Waals surface area contributed by atoms with Gasteiger partial charge < -0.3 is 39.0 Å². The lowest BCUT2D eigenvalue weighted by Crippen LogP contribution is -2.60. The number of ether oxygens (including phenoxy) is 5. The van der Waals surface area contributed by atoms with Crippen LogP contribution in [0.15, 0.2) is 42.6 Å². The second-order valence-corrected chi connectivity index (χ2v) is 16.4. The summed E-state index contributed by atoms with van der Waals surface area (Å²) in [6, 6.07) is 8.70. The van der Waals surface area contributed by atoms with Crippen LogP contribution in [0, 0.1) is 23.7 Å². The molecule has 1 aromatic carbocycles. The molecular formula is C42H59N3O10. The Morgan fingerprint density at radius 1 is 1.04 bits per heavy atom. The quantitative estimate of drug-likeness (QED) is 0.270. The Bertz CT molecular complexity index is 1750. The van der Waals surface area contributed by atoms with Crippen LogP contribution in [0.25, 0.3) is 17.0 Å². The number of carbonyl (C=O) groups is 4. The third-order valence-corrected chi connectivity index (χ3v) is 11.9. The molecule has 2 N–H and O–H groups in total. The second kappa shape index (κ2) is 17.2. The highest BCUT2D eigenvalue weighted by molar-refractivity contribution is 6.00. The van der Waals surface area contributed by atoms with E-state index in [0.29, 0.717) is 6.42 Å². The zero-order chi connectivity index (χ0) is 40.4. The molecule has 4 heterocycles. The van der Waals surface area contributed by atoms with Crippen LogP contribution in [0.1, 0.15) is 80.2 Å². The fourth-order valence-corrected chi connectivity index (χ4v) is 8.73. The molecule has 0 aliphatic carbocycles. The van der Waals surface area contributed by atoms with Gasteiger partial charge in [-0.15, -0.1) is 0 Å². The van der Waals surface area contributed by atoms with Crippen molar-refractivity contribution >= 4 is 40.6 Å². The first kappa shape index (κ1) is 42.4. The average molecular weight is 766 g/mol. The Kier molecular flexibility index (Phi) is 13.2. The number of alkyl carbamates (subject to hydrolysis) is 1. The lowest BCUT2D eigenvalue weighted by Gasteiger charge is -2.47. The van der Waals surface area contributed by atoms with Crippen LogP contribution in [-0.2, 0) is 38.1 Å². The summed E-state index contributed by atoms with van der Waals surface area (Å²) in [6.45, 7) is 13.8. The van der Waals surface area contributed by atoms with E-state index in [4.69, 9.17) is 23.7 Å². The lowest BCUT2D eigenvalue weighted by atomic mass is 9.73. The van der Waals surface area contributed by atoms with Gasteiger partial charge in [0.2, 0.25) is 0 Å². The number of hydrogen-bond acceptors (Lipinski definition) is 12. The summed E-state index contributed by atoms with van der Waals surface area (Å²) in [6.07, 6.45) is 1.12. The van der Waals surface area contributed by atoms with Gasteiger partial charge in [0.05, 0.1) is 36.0 Å². The summed E-state index contributed by atoms with van der Waals surface area (Å²) in [7, 11) is 3.74. The van der Waals surface area contributed by atoms with Gasteiger partial charge in [0.1, 0.15) is 23.9 Å². The number of esters is 1. The normalized spacial score (nSPS) is 38.1. The van der Waals surface area contributed by atoms with E-state index in [1.165, 1.54) is 6.92 Å². The van der Waals surface area contributed by atoms with Gasteiger partial charge in [-0.1, -0.05) is 58.0 Å². The molecule has 3 aliphatic heterocycles. The molecule has 0 bridgehead atoms. The molecule has 5 rings (SSSR count). The Morgan fingerprint density at radius 2 is 1.75 bits per heavy atom. The summed E-state index contributed by atoms with van der Waals surface area (Å²) < 4.78 is 31.4. The molecule has 302 valence electrons. The van der Waals surface area contributed by atoms with Gasteiger partial charge in [-0.2, -0.15) is 0 Å². The third-order valence-electron chi connectivity index (χ3n) is 11.9. The van der Waals surface area contributed by atoms with Crippen molar-refractivity contribution in [3.05, 3.63) is 48.2 Å². The highest BCUT2D eigenvalue weighted by Crippen LogP contribution is 2.40. The number of cyclic esters (lactones) is 1. The topological polar surface area (TPSA) is 163 Å². The molecule has 1 aromatic heterocycles. The van der Waals surface area contributed by atoms with Gasteiger partial charge >= 0.3 is 12.1 Å². The second-order valence-electron chi connectivity index (χ2n) is 16.4. The van der Waals surface area contributed by atoms with Gasteiger partial charge in [-0.3, -0.25) is 19.4 Å². The molecule has 13 heteroatoms. The van der Waals surface area contributed by atoms with Crippen molar-refractivity contribution in [3.8, 4) is 0 Å². The maximum Gasteiger partial charge on any atom is 0.408 e. The number of para-hydroxylation sites is 1. The van der Waals surface area contributed by atoms with Crippen LogP contribution in [0.3, 0.4) is 0 Å². The number of pyridine rings is 1. The zero-order valence-corrected chi connectivity index (χ0v) is 33.8.